The summed E-state index contributed by atoms with van der Waals surface area (Å²) in [7, 11) is 1.70. The standard InChI is InChI=1S/C13H22N2O2/c1-3-7-14-13-6-5-12(10-15-13)11-17-9-4-8-16-2/h5-6,10H,3-4,7-9,11H2,1-2H3,(H,14,15). The first kappa shape index (κ1) is 13.9. The molecule has 0 saturated carbocycles. The number of aromatic nitrogens is 1. The third-order valence-electron chi connectivity index (χ3n) is 2.29. The maximum atomic E-state index is 5.50. The minimum Gasteiger partial charge on any atom is -0.385 e. The van der Waals surface area contributed by atoms with Gasteiger partial charge in [-0.25, -0.2) is 4.98 Å². The lowest BCUT2D eigenvalue weighted by molar-refractivity contribution is 0.0927. The Morgan fingerprint density at radius 2 is 2.18 bits per heavy atom. The molecule has 4 nitrogen and oxygen atoms in total. The third-order valence-corrected chi connectivity index (χ3v) is 2.29. The van der Waals surface area contributed by atoms with Crippen LogP contribution in [0.5, 0.6) is 0 Å². The number of nitrogens with zero attached hydrogens (tertiary/aromatic N) is 1. The van der Waals surface area contributed by atoms with Crippen LogP contribution in [0.4, 0.5) is 5.82 Å². The number of pyridine rings is 1. The van der Waals surface area contributed by atoms with E-state index >= 15 is 0 Å². The number of ether oxygens (including phenoxy) is 2. The van der Waals surface area contributed by atoms with Gasteiger partial charge in [0.2, 0.25) is 0 Å². The van der Waals surface area contributed by atoms with Crippen LogP contribution in [-0.4, -0.2) is 31.9 Å². The summed E-state index contributed by atoms with van der Waals surface area (Å²) in [5.41, 5.74) is 1.10. The van der Waals surface area contributed by atoms with Crippen molar-refractivity contribution < 1.29 is 9.47 Å². The number of nitrogens with one attached hydrogen (secondary N) is 1. The zero-order chi connectivity index (χ0) is 12.3. The summed E-state index contributed by atoms with van der Waals surface area (Å²) < 4.78 is 10.4. The molecule has 1 N–H and O–H groups in total. The van der Waals surface area contributed by atoms with E-state index in [1.807, 2.05) is 18.3 Å². The van der Waals surface area contributed by atoms with Crippen LogP contribution in [0.1, 0.15) is 25.3 Å². The summed E-state index contributed by atoms with van der Waals surface area (Å²) in [5.74, 6) is 0.926. The second kappa shape index (κ2) is 8.96. The predicted octanol–water partition coefficient (Wildman–Crippen LogP) is 2.46. The molecule has 0 atom stereocenters. The Morgan fingerprint density at radius 3 is 2.82 bits per heavy atom. The molecule has 0 saturated heterocycles. The van der Waals surface area contributed by atoms with Gasteiger partial charge in [-0.2, -0.15) is 0 Å². The lowest BCUT2D eigenvalue weighted by Crippen LogP contribution is -2.03. The van der Waals surface area contributed by atoms with Crippen molar-refractivity contribution in [2.45, 2.75) is 26.4 Å². The zero-order valence-electron chi connectivity index (χ0n) is 10.7. The molecule has 96 valence electrons. The van der Waals surface area contributed by atoms with Crippen LogP contribution in [0, 0.1) is 0 Å². The minimum atomic E-state index is 0.616. The van der Waals surface area contributed by atoms with Crippen molar-refractivity contribution in [1.29, 1.82) is 0 Å². The molecule has 1 rings (SSSR count). The molecule has 0 aliphatic rings. The highest BCUT2D eigenvalue weighted by Gasteiger charge is 1.96. The minimum absolute atomic E-state index is 0.616. The third kappa shape index (κ3) is 6.24. The molecular weight excluding hydrogens is 216 g/mol. The van der Waals surface area contributed by atoms with E-state index in [0.717, 1.165) is 44.0 Å². The van der Waals surface area contributed by atoms with Gasteiger partial charge in [0, 0.05) is 33.1 Å². The van der Waals surface area contributed by atoms with Gasteiger partial charge in [-0.05, 0) is 24.5 Å². The topological polar surface area (TPSA) is 43.4 Å². The molecule has 17 heavy (non-hydrogen) atoms. The molecule has 1 heterocycles. The largest absolute Gasteiger partial charge is 0.385 e. The fourth-order valence-corrected chi connectivity index (χ4v) is 1.36. The van der Waals surface area contributed by atoms with Crippen molar-refractivity contribution in [1.82, 2.24) is 4.98 Å². The van der Waals surface area contributed by atoms with Crippen LogP contribution < -0.4 is 5.32 Å². The fraction of sp³-hybridized carbons (Fsp3) is 0.615. The van der Waals surface area contributed by atoms with Crippen LogP contribution in [0.15, 0.2) is 18.3 Å². The van der Waals surface area contributed by atoms with Gasteiger partial charge < -0.3 is 14.8 Å². The monoisotopic (exact) mass is 238 g/mol. The van der Waals surface area contributed by atoms with E-state index in [1.54, 1.807) is 7.11 Å². The van der Waals surface area contributed by atoms with Gasteiger partial charge in [0.05, 0.1) is 6.61 Å². The van der Waals surface area contributed by atoms with Gasteiger partial charge in [0.15, 0.2) is 0 Å². The van der Waals surface area contributed by atoms with E-state index in [0.29, 0.717) is 6.61 Å². The van der Waals surface area contributed by atoms with Crippen LogP contribution in [-0.2, 0) is 16.1 Å². The van der Waals surface area contributed by atoms with E-state index < -0.39 is 0 Å². The predicted molar refractivity (Wildman–Crippen MR) is 69.2 cm³/mol. The van der Waals surface area contributed by atoms with Gasteiger partial charge in [-0.1, -0.05) is 13.0 Å². The summed E-state index contributed by atoms with van der Waals surface area (Å²) in [4.78, 5) is 4.32. The molecule has 0 unspecified atom stereocenters. The summed E-state index contributed by atoms with van der Waals surface area (Å²) in [6, 6.07) is 4.03. The molecule has 1 aromatic heterocycles. The quantitative estimate of drug-likeness (QED) is 0.671. The molecule has 0 radical (unpaired) electrons. The summed E-state index contributed by atoms with van der Waals surface area (Å²) in [5, 5.41) is 3.24. The van der Waals surface area contributed by atoms with Gasteiger partial charge in [-0.15, -0.1) is 0 Å². The first-order valence-electron chi connectivity index (χ1n) is 6.12. The Labute approximate surface area is 103 Å². The Morgan fingerprint density at radius 1 is 1.29 bits per heavy atom. The van der Waals surface area contributed by atoms with Crippen LogP contribution >= 0.6 is 0 Å². The second-order valence-corrected chi connectivity index (χ2v) is 3.88. The van der Waals surface area contributed by atoms with Gasteiger partial charge >= 0.3 is 0 Å². The Balaban J connectivity index is 2.20. The number of rotatable bonds is 9. The van der Waals surface area contributed by atoms with Crippen molar-refractivity contribution in [3.8, 4) is 0 Å². The molecule has 0 fully saturated rings. The van der Waals surface area contributed by atoms with Crippen molar-refractivity contribution in [3.63, 3.8) is 0 Å². The highest BCUT2D eigenvalue weighted by atomic mass is 16.5. The number of methoxy groups -OCH3 is 1. The van der Waals surface area contributed by atoms with E-state index in [-0.39, 0.29) is 0 Å². The highest BCUT2D eigenvalue weighted by Crippen LogP contribution is 2.06. The van der Waals surface area contributed by atoms with E-state index in [4.69, 9.17) is 9.47 Å². The summed E-state index contributed by atoms with van der Waals surface area (Å²) in [6.07, 6.45) is 3.89. The maximum absolute atomic E-state index is 5.50. The fourth-order valence-electron chi connectivity index (χ4n) is 1.36. The lowest BCUT2D eigenvalue weighted by Gasteiger charge is -2.06. The average molecular weight is 238 g/mol. The van der Waals surface area contributed by atoms with Crippen molar-refractivity contribution in [2.24, 2.45) is 0 Å². The smallest absolute Gasteiger partial charge is 0.125 e. The molecule has 0 spiro atoms. The molecule has 0 aliphatic carbocycles. The summed E-state index contributed by atoms with van der Waals surface area (Å²) in [6.45, 7) is 5.18. The molecule has 0 amide bonds. The Hall–Kier alpha value is -1.13. The van der Waals surface area contributed by atoms with Crippen LogP contribution in [0.2, 0.25) is 0 Å². The second-order valence-electron chi connectivity index (χ2n) is 3.88. The number of anilines is 1. The highest BCUT2D eigenvalue weighted by molar-refractivity contribution is 5.35. The first-order valence-corrected chi connectivity index (χ1v) is 6.12. The van der Waals surface area contributed by atoms with E-state index in [2.05, 4.69) is 17.2 Å². The lowest BCUT2D eigenvalue weighted by atomic mass is 10.3. The van der Waals surface area contributed by atoms with Gasteiger partial charge in [0.25, 0.3) is 0 Å². The molecule has 0 aliphatic heterocycles. The van der Waals surface area contributed by atoms with Gasteiger partial charge in [0.1, 0.15) is 5.82 Å². The Kier molecular flexibility index (Phi) is 7.34. The van der Waals surface area contributed by atoms with Crippen LogP contribution in [0.3, 0.4) is 0 Å². The molecule has 0 bridgehead atoms. The van der Waals surface area contributed by atoms with Crippen LogP contribution in [0.25, 0.3) is 0 Å². The van der Waals surface area contributed by atoms with E-state index in [1.165, 1.54) is 0 Å². The number of hydrogen-bond donors (Lipinski definition) is 1. The van der Waals surface area contributed by atoms with Crippen molar-refractivity contribution >= 4 is 5.82 Å². The van der Waals surface area contributed by atoms with Crippen molar-refractivity contribution in [2.75, 3.05) is 32.2 Å². The Bertz CT molecular complexity index is 288. The molecule has 4 heteroatoms. The molecule has 1 aromatic rings. The molecular formula is C13H22N2O2. The average Bonchev–Trinajstić information content (AvgIpc) is 2.37. The maximum Gasteiger partial charge on any atom is 0.125 e. The SMILES string of the molecule is CCCNc1ccc(COCCCOC)cn1. The first-order chi connectivity index (χ1) is 8.36. The summed E-state index contributed by atoms with van der Waals surface area (Å²) >= 11 is 0. The van der Waals surface area contributed by atoms with Crippen molar-refractivity contribution in [3.05, 3.63) is 23.9 Å². The number of hydrogen-bond acceptors (Lipinski definition) is 4. The normalized spacial score (nSPS) is 10.5. The van der Waals surface area contributed by atoms with E-state index in [9.17, 15) is 0 Å². The zero-order valence-corrected chi connectivity index (χ0v) is 10.7. The van der Waals surface area contributed by atoms with Gasteiger partial charge in [-0.3, -0.25) is 0 Å². The molecule has 0 aromatic carbocycles.